The number of sulfonamides is 1. The highest BCUT2D eigenvalue weighted by Gasteiger charge is 2.15. The topological polar surface area (TPSA) is 113 Å². The largest absolute Gasteiger partial charge is 0.495 e. The SMILES string of the molecule is COc1ccc(NC(=O)c2ccc3nc(C(F)F)[nH]c3c2)cc1NS(C)(=O)=O. The molecule has 11 heteroatoms. The maximum atomic E-state index is 12.7. The van der Waals surface area contributed by atoms with E-state index in [1.165, 1.54) is 43.5 Å². The van der Waals surface area contributed by atoms with Crippen molar-refractivity contribution in [1.29, 1.82) is 0 Å². The predicted molar refractivity (Wildman–Crippen MR) is 100 cm³/mol. The smallest absolute Gasteiger partial charge is 0.295 e. The van der Waals surface area contributed by atoms with E-state index in [2.05, 4.69) is 20.0 Å². The van der Waals surface area contributed by atoms with Gasteiger partial charge in [0.1, 0.15) is 5.75 Å². The van der Waals surface area contributed by atoms with Crippen molar-refractivity contribution >= 4 is 38.3 Å². The number of hydrogen-bond acceptors (Lipinski definition) is 5. The Morgan fingerprint density at radius 2 is 1.96 bits per heavy atom. The molecule has 148 valence electrons. The number of nitrogens with zero attached hydrogens (tertiary/aromatic N) is 1. The van der Waals surface area contributed by atoms with Crippen LogP contribution in [0.1, 0.15) is 22.6 Å². The normalized spacial score (nSPS) is 11.6. The van der Waals surface area contributed by atoms with E-state index in [9.17, 15) is 22.0 Å². The zero-order valence-corrected chi connectivity index (χ0v) is 15.6. The van der Waals surface area contributed by atoms with E-state index < -0.39 is 28.2 Å². The van der Waals surface area contributed by atoms with Gasteiger partial charge in [-0.25, -0.2) is 22.2 Å². The van der Waals surface area contributed by atoms with Crippen molar-refractivity contribution in [3.05, 3.63) is 47.8 Å². The van der Waals surface area contributed by atoms with Crippen molar-refractivity contribution in [2.45, 2.75) is 6.43 Å². The second-order valence-electron chi connectivity index (χ2n) is 5.90. The zero-order valence-electron chi connectivity index (χ0n) is 14.8. The summed E-state index contributed by atoms with van der Waals surface area (Å²) in [4.78, 5) is 18.7. The number of nitrogens with one attached hydrogen (secondary N) is 3. The molecule has 28 heavy (non-hydrogen) atoms. The third-order valence-electron chi connectivity index (χ3n) is 3.72. The Kier molecular flexibility index (Phi) is 5.18. The number of halogens is 2. The monoisotopic (exact) mass is 410 g/mol. The lowest BCUT2D eigenvalue weighted by molar-refractivity contribution is 0.102. The fourth-order valence-corrected chi connectivity index (χ4v) is 3.10. The first-order valence-electron chi connectivity index (χ1n) is 7.91. The number of imidazole rings is 1. The first kappa shape index (κ1) is 19.5. The van der Waals surface area contributed by atoms with Crippen molar-refractivity contribution in [3.63, 3.8) is 0 Å². The second kappa shape index (κ2) is 7.43. The van der Waals surface area contributed by atoms with Crippen LogP contribution < -0.4 is 14.8 Å². The van der Waals surface area contributed by atoms with Crippen molar-refractivity contribution in [3.8, 4) is 5.75 Å². The van der Waals surface area contributed by atoms with Gasteiger partial charge in [0.05, 0.1) is 30.1 Å². The molecular formula is C17H16F2N4O4S. The van der Waals surface area contributed by atoms with Crippen molar-refractivity contribution < 1.29 is 26.7 Å². The molecule has 0 saturated carbocycles. The highest BCUT2D eigenvalue weighted by Crippen LogP contribution is 2.29. The molecule has 3 aromatic rings. The minimum Gasteiger partial charge on any atom is -0.495 e. The van der Waals surface area contributed by atoms with Gasteiger partial charge in [-0.1, -0.05) is 0 Å². The second-order valence-corrected chi connectivity index (χ2v) is 7.65. The van der Waals surface area contributed by atoms with E-state index in [0.29, 0.717) is 16.7 Å². The van der Waals surface area contributed by atoms with E-state index in [1.54, 1.807) is 0 Å². The van der Waals surface area contributed by atoms with Crippen LogP contribution in [0.4, 0.5) is 20.2 Å². The fourth-order valence-electron chi connectivity index (χ4n) is 2.54. The molecule has 0 unspecified atom stereocenters. The van der Waals surface area contributed by atoms with Gasteiger partial charge in [0.25, 0.3) is 12.3 Å². The lowest BCUT2D eigenvalue weighted by Gasteiger charge is -2.12. The molecule has 0 aliphatic carbocycles. The van der Waals surface area contributed by atoms with Crippen molar-refractivity contribution in [1.82, 2.24) is 9.97 Å². The molecule has 0 fully saturated rings. The fraction of sp³-hybridized carbons (Fsp3) is 0.176. The number of ether oxygens (including phenoxy) is 1. The van der Waals surface area contributed by atoms with Gasteiger partial charge >= 0.3 is 0 Å². The molecule has 2 aromatic carbocycles. The Morgan fingerprint density at radius 1 is 1.21 bits per heavy atom. The number of fused-ring (bicyclic) bond motifs is 1. The van der Waals surface area contributed by atoms with Crippen LogP contribution in [0.3, 0.4) is 0 Å². The van der Waals surface area contributed by atoms with Crippen LogP contribution >= 0.6 is 0 Å². The molecule has 0 aliphatic rings. The number of carbonyl (C=O) groups is 1. The molecule has 1 amide bonds. The highest BCUT2D eigenvalue weighted by atomic mass is 32.2. The van der Waals surface area contributed by atoms with Crippen LogP contribution in [0.25, 0.3) is 11.0 Å². The number of alkyl halides is 2. The summed E-state index contributed by atoms with van der Waals surface area (Å²) in [6.45, 7) is 0. The minimum absolute atomic E-state index is 0.161. The molecule has 1 aromatic heterocycles. The maximum absolute atomic E-state index is 12.7. The van der Waals surface area contributed by atoms with Crippen LogP contribution in [0.2, 0.25) is 0 Å². The van der Waals surface area contributed by atoms with Gasteiger partial charge in [-0.15, -0.1) is 0 Å². The Balaban J connectivity index is 1.86. The van der Waals surface area contributed by atoms with Crippen LogP contribution in [0, 0.1) is 0 Å². The van der Waals surface area contributed by atoms with Gasteiger partial charge in [-0.3, -0.25) is 9.52 Å². The van der Waals surface area contributed by atoms with Gasteiger partial charge < -0.3 is 15.0 Å². The van der Waals surface area contributed by atoms with Crippen LogP contribution in [0.15, 0.2) is 36.4 Å². The van der Waals surface area contributed by atoms with Gasteiger partial charge in [-0.2, -0.15) is 0 Å². The number of carbonyl (C=O) groups excluding carboxylic acids is 1. The lowest BCUT2D eigenvalue weighted by atomic mass is 10.2. The summed E-state index contributed by atoms with van der Waals surface area (Å²) in [7, 11) is -2.17. The summed E-state index contributed by atoms with van der Waals surface area (Å²) < 4.78 is 55.8. The molecule has 8 nitrogen and oxygen atoms in total. The van der Waals surface area contributed by atoms with Crippen molar-refractivity contribution in [2.24, 2.45) is 0 Å². The molecule has 0 radical (unpaired) electrons. The summed E-state index contributed by atoms with van der Waals surface area (Å²) in [5.41, 5.74) is 1.31. The van der Waals surface area contributed by atoms with Gasteiger partial charge in [0.15, 0.2) is 5.82 Å². The molecule has 0 spiro atoms. The molecule has 1 heterocycles. The molecule has 0 saturated heterocycles. The Labute approximate surface area is 159 Å². The third-order valence-corrected chi connectivity index (χ3v) is 4.31. The standard InChI is InChI=1S/C17H16F2N4O4S/c1-27-14-6-4-10(8-13(14)23-28(2,25)26)20-17(24)9-3-5-11-12(7-9)22-16(21-11)15(18)19/h3-8,15,23H,1-2H3,(H,20,24)(H,21,22). The Hall–Kier alpha value is -3.21. The minimum atomic E-state index is -3.55. The van der Waals surface area contributed by atoms with E-state index in [-0.39, 0.29) is 17.0 Å². The lowest BCUT2D eigenvalue weighted by Crippen LogP contribution is -2.13. The van der Waals surface area contributed by atoms with E-state index in [4.69, 9.17) is 4.74 Å². The molecule has 0 aliphatic heterocycles. The molecule has 0 atom stereocenters. The zero-order chi connectivity index (χ0) is 20.5. The van der Waals surface area contributed by atoms with Gasteiger partial charge in [-0.05, 0) is 36.4 Å². The number of anilines is 2. The first-order chi connectivity index (χ1) is 13.2. The summed E-state index contributed by atoms with van der Waals surface area (Å²) in [6, 6.07) is 8.75. The number of hydrogen-bond donors (Lipinski definition) is 3. The number of rotatable bonds is 6. The highest BCUT2D eigenvalue weighted by molar-refractivity contribution is 7.92. The summed E-state index contributed by atoms with van der Waals surface area (Å²) >= 11 is 0. The summed E-state index contributed by atoms with van der Waals surface area (Å²) in [5.74, 6) is -0.702. The number of aromatic nitrogens is 2. The van der Waals surface area contributed by atoms with Gasteiger partial charge in [0, 0.05) is 11.3 Å². The van der Waals surface area contributed by atoms with E-state index >= 15 is 0 Å². The third kappa shape index (κ3) is 4.36. The van der Waals surface area contributed by atoms with Crippen LogP contribution in [-0.2, 0) is 10.0 Å². The summed E-state index contributed by atoms with van der Waals surface area (Å²) in [6.07, 6.45) is -1.75. The number of benzene rings is 2. The molecule has 0 bridgehead atoms. The average Bonchev–Trinajstić information content (AvgIpc) is 3.04. The first-order valence-corrected chi connectivity index (χ1v) is 9.80. The van der Waals surface area contributed by atoms with E-state index in [0.717, 1.165) is 6.26 Å². The van der Waals surface area contributed by atoms with Crippen LogP contribution in [0.5, 0.6) is 5.75 Å². The Bertz CT molecular complexity index is 1150. The van der Waals surface area contributed by atoms with Crippen molar-refractivity contribution in [2.75, 3.05) is 23.4 Å². The molecule has 3 rings (SSSR count). The quantitative estimate of drug-likeness (QED) is 0.578. The van der Waals surface area contributed by atoms with Crippen LogP contribution in [-0.4, -0.2) is 37.7 Å². The Morgan fingerprint density at radius 3 is 2.61 bits per heavy atom. The number of methoxy groups -OCH3 is 1. The number of amides is 1. The molecule has 3 N–H and O–H groups in total. The number of aromatic amines is 1. The predicted octanol–water partition coefficient (Wildman–Crippen LogP) is 3.13. The van der Waals surface area contributed by atoms with Gasteiger partial charge in [0.2, 0.25) is 10.0 Å². The average molecular weight is 410 g/mol. The summed E-state index contributed by atoms with van der Waals surface area (Å²) in [5, 5.41) is 2.62. The van der Waals surface area contributed by atoms with E-state index in [1.807, 2.05) is 0 Å². The molecular weight excluding hydrogens is 394 g/mol. The number of H-pyrrole nitrogens is 1. The maximum Gasteiger partial charge on any atom is 0.295 e.